The lowest BCUT2D eigenvalue weighted by atomic mass is 9.93. The van der Waals surface area contributed by atoms with Crippen LogP contribution in [0, 0.1) is 5.82 Å². The van der Waals surface area contributed by atoms with E-state index < -0.39 is 5.82 Å². The normalized spacial score (nSPS) is 19.8. The Morgan fingerprint density at radius 3 is 2.67 bits per heavy atom. The lowest BCUT2D eigenvalue weighted by Gasteiger charge is -2.26. The molecule has 1 aliphatic carbocycles. The van der Waals surface area contributed by atoms with Gasteiger partial charge in [0.15, 0.2) is 0 Å². The van der Waals surface area contributed by atoms with E-state index in [0.29, 0.717) is 17.5 Å². The molecule has 0 amide bonds. The molecule has 1 fully saturated rings. The van der Waals surface area contributed by atoms with E-state index in [1.54, 1.807) is 12.3 Å². The van der Waals surface area contributed by atoms with Gasteiger partial charge in [0, 0.05) is 24.0 Å². The number of pyridine rings is 1. The van der Waals surface area contributed by atoms with E-state index >= 15 is 0 Å². The maximum Gasteiger partial charge on any atom is 0.143 e. The second-order valence-corrected chi connectivity index (χ2v) is 7.12. The lowest BCUT2D eigenvalue weighted by molar-refractivity contribution is 0.126. The monoisotopic (exact) mass is 387 g/mol. The summed E-state index contributed by atoms with van der Waals surface area (Å²) < 4.78 is 13.3. The van der Waals surface area contributed by atoms with Crippen LogP contribution < -0.4 is 10.6 Å². The van der Waals surface area contributed by atoms with E-state index in [1.165, 1.54) is 18.5 Å². The minimum absolute atomic E-state index is 0.0422. The number of hydrogen-bond donors (Lipinski definition) is 3. The van der Waals surface area contributed by atoms with Crippen LogP contribution in [-0.2, 0) is 0 Å². The lowest BCUT2D eigenvalue weighted by Crippen LogP contribution is -2.28. The third-order valence-corrected chi connectivity index (χ3v) is 5.04. The second-order valence-electron chi connectivity index (χ2n) is 6.71. The van der Waals surface area contributed by atoms with Gasteiger partial charge in [-0.3, -0.25) is 0 Å². The number of aliphatic hydroxyl groups excluding tert-OH is 1. The summed E-state index contributed by atoms with van der Waals surface area (Å²) in [6.07, 6.45) is 6.45. The first-order chi connectivity index (χ1) is 13.1. The van der Waals surface area contributed by atoms with Crippen molar-refractivity contribution < 1.29 is 9.50 Å². The van der Waals surface area contributed by atoms with Crippen LogP contribution in [0.25, 0.3) is 10.9 Å². The van der Waals surface area contributed by atoms with E-state index in [4.69, 9.17) is 11.6 Å². The predicted molar refractivity (Wildman–Crippen MR) is 104 cm³/mol. The first kappa shape index (κ1) is 17.9. The van der Waals surface area contributed by atoms with Crippen LogP contribution in [0.1, 0.15) is 25.7 Å². The highest BCUT2D eigenvalue weighted by Crippen LogP contribution is 2.27. The average molecular weight is 388 g/mol. The molecule has 0 unspecified atom stereocenters. The molecule has 27 heavy (non-hydrogen) atoms. The highest BCUT2D eigenvalue weighted by molar-refractivity contribution is 6.31. The number of anilines is 3. The molecular formula is C19H19ClFN5O. The summed E-state index contributed by atoms with van der Waals surface area (Å²) in [5, 5.41) is 17.0. The van der Waals surface area contributed by atoms with Gasteiger partial charge in [0.25, 0.3) is 0 Å². The number of aliphatic hydroxyl groups is 1. The molecule has 1 aliphatic rings. The SMILES string of the molecule is O[C@H]1CC[C@H](Nc2cc3ncnc(Nc4ccc(F)c(Cl)c4)c3cn2)CC1. The third kappa shape index (κ3) is 4.09. The molecule has 0 radical (unpaired) electrons. The van der Waals surface area contributed by atoms with Crippen LogP contribution in [0.15, 0.2) is 36.8 Å². The Bertz CT molecular complexity index is 962. The van der Waals surface area contributed by atoms with E-state index in [2.05, 4.69) is 25.6 Å². The van der Waals surface area contributed by atoms with Gasteiger partial charge in [-0.15, -0.1) is 0 Å². The molecule has 3 aromatic rings. The van der Waals surface area contributed by atoms with Gasteiger partial charge in [-0.1, -0.05) is 11.6 Å². The first-order valence-electron chi connectivity index (χ1n) is 8.86. The molecule has 3 N–H and O–H groups in total. The van der Waals surface area contributed by atoms with Crippen LogP contribution in [0.3, 0.4) is 0 Å². The van der Waals surface area contributed by atoms with Crippen LogP contribution in [0.2, 0.25) is 5.02 Å². The number of benzene rings is 1. The summed E-state index contributed by atoms with van der Waals surface area (Å²) in [6, 6.07) is 6.58. The van der Waals surface area contributed by atoms with Gasteiger partial charge < -0.3 is 15.7 Å². The van der Waals surface area contributed by atoms with Gasteiger partial charge >= 0.3 is 0 Å². The standard InChI is InChI=1S/C19H19ClFN5O/c20-15-7-12(3-6-16(15)21)26-19-14-9-22-18(8-17(14)23-10-24-19)25-11-1-4-13(27)5-2-11/h3,6-11,13,27H,1-2,4-5H2,(H,22,25)(H,23,24,26)/t11-,13-. The highest BCUT2D eigenvalue weighted by Gasteiger charge is 2.19. The number of halogens is 2. The van der Waals surface area contributed by atoms with Gasteiger partial charge in [-0.2, -0.15) is 0 Å². The number of aromatic nitrogens is 3. The Labute approximate surface area is 160 Å². The van der Waals surface area contributed by atoms with Crippen molar-refractivity contribution in [1.29, 1.82) is 0 Å². The number of hydrogen-bond acceptors (Lipinski definition) is 6. The Kier molecular flexibility index (Phi) is 5.05. The molecule has 0 spiro atoms. The number of fused-ring (bicyclic) bond motifs is 1. The molecule has 140 valence electrons. The van der Waals surface area contributed by atoms with Crippen molar-refractivity contribution in [2.24, 2.45) is 0 Å². The molecular weight excluding hydrogens is 369 g/mol. The molecule has 0 saturated heterocycles. The minimum atomic E-state index is -0.470. The van der Waals surface area contributed by atoms with Crippen molar-refractivity contribution in [2.75, 3.05) is 10.6 Å². The van der Waals surface area contributed by atoms with Crippen LogP contribution in [0.5, 0.6) is 0 Å². The first-order valence-corrected chi connectivity index (χ1v) is 9.24. The van der Waals surface area contributed by atoms with Crippen molar-refractivity contribution in [3.63, 3.8) is 0 Å². The molecule has 8 heteroatoms. The summed E-state index contributed by atoms with van der Waals surface area (Å²) in [5.41, 5.74) is 1.37. The summed E-state index contributed by atoms with van der Waals surface area (Å²) >= 11 is 5.84. The smallest absolute Gasteiger partial charge is 0.143 e. The van der Waals surface area contributed by atoms with E-state index in [-0.39, 0.29) is 11.1 Å². The van der Waals surface area contributed by atoms with Gasteiger partial charge in [-0.05, 0) is 43.9 Å². The molecule has 2 heterocycles. The number of nitrogens with zero attached hydrogens (tertiary/aromatic N) is 3. The molecule has 4 rings (SSSR count). The number of nitrogens with one attached hydrogen (secondary N) is 2. The Balaban J connectivity index is 1.55. The Hall–Kier alpha value is -2.51. The zero-order valence-corrected chi connectivity index (χ0v) is 15.2. The van der Waals surface area contributed by atoms with E-state index in [9.17, 15) is 9.50 Å². The van der Waals surface area contributed by atoms with Gasteiger partial charge in [0.1, 0.15) is 23.8 Å². The molecule has 1 saturated carbocycles. The molecule has 0 atom stereocenters. The van der Waals surface area contributed by atoms with Crippen LogP contribution in [-0.4, -0.2) is 32.2 Å². The molecule has 1 aromatic carbocycles. The summed E-state index contributed by atoms with van der Waals surface area (Å²) in [5.74, 6) is 0.850. The second kappa shape index (κ2) is 7.62. The molecule has 2 aromatic heterocycles. The van der Waals surface area contributed by atoms with Gasteiger partial charge in [0.05, 0.1) is 22.0 Å². The average Bonchev–Trinajstić information content (AvgIpc) is 2.67. The molecule has 6 nitrogen and oxygen atoms in total. The molecule has 0 bridgehead atoms. The zero-order valence-electron chi connectivity index (χ0n) is 14.5. The summed E-state index contributed by atoms with van der Waals surface area (Å²) in [7, 11) is 0. The van der Waals surface area contributed by atoms with Gasteiger partial charge in [-0.25, -0.2) is 19.3 Å². The quantitative estimate of drug-likeness (QED) is 0.620. The maximum absolute atomic E-state index is 13.3. The summed E-state index contributed by atoms with van der Waals surface area (Å²) in [6.45, 7) is 0. The Morgan fingerprint density at radius 2 is 1.89 bits per heavy atom. The van der Waals surface area contributed by atoms with Crippen molar-refractivity contribution in [1.82, 2.24) is 15.0 Å². The maximum atomic E-state index is 13.3. The fraction of sp³-hybridized carbons (Fsp3) is 0.316. The summed E-state index contributed by atoms with van der Waals surface area (Å²) in [4.78, 5) is 13.1. The van der Waals surface area contributed by atoms with Crippen LogP contribution in [0.4, 0.5) is 21.7 Å². The van der Waals surface area contributed by atoms with Gasteiger partial charge in [0.2, 0.25) is 0 Å². The van der Waals surface area contributed by atoms with Crippen molar-refractivity contribution >= 4 is 39.8 Å². The Morgan fingerprint density at radius 1 is 1.07 bits per heavy atom. The fourth-order valence-corrected chi connectivity index (χ4v) is 3.45. The van der Waals surface area contributed by atoms with Crippen molar-refractivity contribution in [2.45, 2.75) is 37.8 Å². The topological polar surface area (TPSA) is 83.0 Å². The third-order valence-electron chi connectivity index (χ3n) is 4.75. The molecule has 0 aliphatic heterocycles. The fourth-order valence-electron chi connectivity index (χ4n) is 3.27. The van der Waals surface area contributed by atoms with Crippen LogP contribution >= 0.6 is 11.6 Å². The highest BCUT2D eigenvalue weighted by atomic mass is 35.5. The van der Waals surface area contributed by atoms with Crippen molar-refractivity contribution in [3.05, 3.63) is 47.6 Å². The predicted octanol–water partition coefficient (Wildman–Crippen LogP) is 4.28. The minimum Gasteiger partial charge on any atom is -0.393 e. The van der Waals surface area contributed by atoms with E-state index in [1.807, 2.05) is 6.07 Å². The zero-order chi connectivity index (χ0) is 18.8. The number of rotatable bonds is 4. The largest absolute Gasteiger partial charge is 0.393 e. The van der Waals surface area contributed by atoms with E-state index in [0.717, 1.165) is 42.4 Å². The van der Waals surface area contributed by atoms with Crippen molar-refractivity contribution in [3.8, 4) is 0 Å².